The first-order valence-electron chi connectivity index (χ1n) is 22.0. The zero-order valence-electron chi connectivity index (χ0n) is 35.2. The highest BCUT2D eigenvalue weighted by Gasteiger charge is 2.52. The van der Waals surface area contributed by atoms with Crippen LogP contribution in [-0.4, -0.2) is 0 Å². The molecule has 10 aromatic rings. The Balaban J connectivity index is 1.05. The molecule has 12 rings (SSSR count). The summed E-state index contributed by atoms with van der Waals surface area (Å²) in [6.45, 7) is 0. The minimum Gasteiger partial charge on any atom is -0.311 e. The number of rotatable bonds is 9. The molecule has 0 fully saturated rings. The van der Waals surface area contributed by atoms with Gasteiger partial charge in [0.05, 0.1) is 5.41 Å². The van der Waals surface area contributed by atoms with Crippen molar-refractivity contribution in [1.82, 2.24) is 0 Å². The van der Waals surface area contributed by atoms with Crippen LogP contribution >= 0.6 is 0 Å². The molecule has 0 aliphatic heterocycles. The summed E-state index contributed by atoms with van der Waals surface area (Å²) in [5.74, 6) is 0. The molecular formula is C61H43N3. The summed E-state index contributed by atoms with van der Waals surface area (Å²) >= 11 is 0. The molecule has 0 N–H and O–H groups in total. The molecule has 3 nitrogen and oxygen atoms in total. The van der Waals surface area contributed by atoms with Gasteiger partial charge in [-0.25, -0.2) is 0 Å². The normalized spacial score (nSPS) is 12.5. The second kappa shape index (κ2) is 15.5. The van der Waals surface area contributed by atoms with Crippen molar-refractivity contribution in [3.05, 3.63) is 283 Å². The molecule has 3 heteroatoms. The van der Waals surface area contributed by atoms with Gasteiger partial charge in [-0.1, -0.05) is 152 Å². The van der Waals surface area contributed by atoms with E-state index in [1.165, 1.54) is 44.5 Å². The van der Waals surface area contributed by atoms with Gasteiger partial charge in [0.25, 0.3) is 0 Å². The van der Waals surface area contributed by atoms with Crippen LogP contribution in [-0.2, 0) is 5.41 Å². The van der Waals surface area contributed by atoms with Gasteiger partial charge in [0.15, 0.2) is 0 Å². The molecule has 0 saturated heterocycles. The van der Waals surface area contributed by atoms with E-state index in [9.17, 15) is 0 Å². The van der Waals surface area contributed by atoms with E-state index in [1.807, 2.05) is 0 Å². The highest BCUT2D eigenvalue weighted by atomic mass is 15.2. The summed E-state index contributed by atoms with van der Waals surface area (Å²) in [6, 6.07) is 94.8. The fraction of sp³-hybridized carbons (Fsp3) is 0.0164. The minimum atomic E-state index is -0.555. The maximum Gasteiger partial charge on any atom is 0.0727 e. The third-order valence-electron chi connectivity index (χ3n) is 13.0. The van der Waals surface area contributed by atoms with Crippen molar-refractivity contribution in [2.24, 2.45) is 0 Å². The molecule has 64 heavy (non-hydrogen) atoms. The van der Waals surface area contributed by atoms with Gasteiger partial charge in [-0.15, -0.1) is 0 Å². The highest BCUT2D eigenvalue weighted by molar-refractivity contribution is 5.97. The first-order valence-corrected chi connectivity index (χ1v) is 22.0. The molecule has 0 heterocycles. The van der Waals surface area contributed by atoms with Crippen LogP contribution in [0, 0.1) is 0 Å². The third kappa shape index (κ3) is 5.97. The smallest absolute Gasteiger partial charge is 0.0727 e. The predicted molar refractivity (Wildman–Crippen MR) is 267 cm³/mol. The topological polar surface area (TPSA) is 9.72 Å². The Kier molecular flexibility index (Phi) is 9.05. The molecule has 302 valence electrons. The SMILES string of the molecule is c1ccc(N(c2ccccc2)c2ccc(N(c3ccccc3)c3ccc4c(c3)C3(c5ccccc5-c5ccccc53)c3cc(N(c5ccccc5)c5ccccc5)ccc3-4)cc2)cc1. The van der Waals surface area contributed by atoms with Crippen LogP contribution < -0.4 is 14.7 Å². The van der Waals surface area contributed by atoms with Gasteiger partial charge in [-0.05, 0) is 154 Å². The maximum atomic E-state index is 2.47. The summed E-state index contributed by atoms with van der Waals surface area (Å²) in [4.78, 5) is 7.10. The molecular weight excluding hydrogens is 775 g/mol. The third-order valence-corrected chi connectivity index (χ3v) is 13.0. The van der Waals surface area contributed by atoms with Crippen LogP contribution in [0.3, 0.4) is 0 Å². The Morgan fingerprint density at radius 3 is 0.750 bits per heavy atom. The zero-order chi connectivity index (χ0) is 42.5. The Labute approximate surface area is 375 Å². The maximum absolute atomic E-state index is 2.47. The molecule has 0 unspecified atom stereocenters. The van der Waals surface area contributed by atoms with Crippen LogP contribution in [0.4, 0.5) is 51.2 Å². The van der Waals surface area contributed by atoms with Crippen molar-refractivity contribution in [2.45, 2.75) is 5.41 Å². The van der Waals surface area contributed by atoms with Gasteiger partial charge in [0.2, 0.25) is 0 Å². The van der Waals surface area contributed by atoms with Crippen molar-refractivity contribution in [3.63, 3.8) is 0 Å². The number of anilines is 9. The van der Waals surface area contributed by atoms with Crippen molar-refractivity contribution >= 4 is 51.2 Å². The summed E-state index contributed by atoms with van der Waals surface area (Å²) in [5.41, 5.74) is 19.7. The molecule has 0 aromatic heterocycles. The van der Waals surface area contributed by atoms with Crippen LogP contribution in [0.1, 0.15) is 22.3 Å². The number of nitrogens with zero attached hydrogens (tertiary/aromatic N) is 3. The molecule has 0 radical (unpaired) electrons. The minimum absolute atomic E-state index is 0.555. The molecule has 1 spiro atoms. The molecule has 0 atom stereocenters. The fourth-order valence-electron chi connectivity index (χ4n) is 10.4. The lowest BCUT2D eigenvalue weighted by Gasteiger charge is -2.33. The molecule has 2 aliphatic carbocycles. The van der Waals surface area contributed by atoms with E-state index in [0.717, 1.165) is 51.2 Å². The average Bonchev–Trinajstić information content (AvgIpc) is 3.83. The number of hydrogen-bond donors (Lipinski definition) is 0. The van der Waals surface area contributed by atoms with E-state index < -0.39 is 5.41 Å². The molecule has 0 bridgehead atoms. The van der Waals surface area contributed by atoms with Gasteiger partial charge in [0, 0.05) is 51.2 Å². The monoisotopic (exact) mass is 817 g/mol. The first kappa shape index (κ1) is 37.4. The van der Waals surface area contributed by atoms with Gasteiger partial charge < -0.3 is 14.7 Å². The van der Waals surface area contributed by atoms with Crippen LogP contribution in [0.15, 0.2) is 261 Å². The second-order valence-corrected chi connectivity index (χ2v) is 16.5. The zero-order valence-corrected chi connectivity index (χ0v) is 35.2. The summed E-state index contributed by atoms with van der Waals surface area (Å²) in [7, 11) is 0. The van der Waals surface area contributed by atoms with E-state index in [0.29, 0.717) is 0 Å². The molecule has 0 saturated carbocycles. The van der Waals surface area contributed by atoms with Crippen molar-refractivity contribution in [2.75, 3.05) is 14.7 Å². The van der Waals surface area contributed by atoms with Gasteiger partial charge >= 0.3 is 0 Å². The Hall–Kier alpha value is -8.40. The molecule has 0 amide bonds. The lowest BCUT2D eigenvalue weighted by atomic mass is 9.70. The van der Waals surface area contributed by atoms with Gasteiger partial charge in [0.1, 0.15) is 0 Å². The van der Waals surface area contributed by atoms with E-state index >= 15 is 0 Å². The van der Waals surface area contributed by atoms with Crippen molar-refractivity contribution < 1.29 is 0 Å². The van der Waals surface area contributed by atoms with Crippen molar-refractivity contribution in [1.29, 1.82) is 0 Å². The number of fused-ring (bicyclic) bond motifs is 10. The summed E-state index contributed by atoms with van der Waals surface area (Å²) in [6.07, 6.45) is 0. The average molecular weight is 818 g/mol. The Morgan fingerprint density at radius 2 is 0.422 bits per heavy atom. The Morgan fingerprint density at radius 1 is 0.188 bits per heavy atom. The van der Waals surface area contributed by atoms with E-state index in [-0.39, 0.29) is 0 Å². The molecule has 2 aliphatic rings. The van der Waals surface area contributed by atoms with E-state index in [2.05, 4.69) is 276 Å². The summed E-state index contributed by atoms with van der Waals surface area (Å²) in [5, 5.41) is 0. The number of para-hydroxylation sites is 5. The number of benzene rings is 10. The Bertz CT molecular complexity index is 3130. The lowest BCUT2D eigenvalue weighted by molar-refractivity contribution is 0.793. The van der Waals surface area contributed by atoms with Crippen LogP contribution in [0.25, 0.3) is 22.3 Å². The van der Waals surface area contributed by atoms with Crippen LogP contribution in [0.5, 0.6) is 0 Å². The van der Waals surface area contributed by atoms with Crippen molar-refractivity contribution in [3.8, 4) is 22.3 Å². The second-order valence-electron chi connectivity index (χ2n) is 16.5. The van der Waals surface area contributed by atoms with E-state index in [1.54, 1.807) is 0 Å². The first-order chi connectivity index (χ1) is 31.8. The highest BCUT2D eigenvalue weighted by Crippen LogP contribution is 2.64. The lowest BCUT2D eigenvalue weighted by Crippen LogP contribution is -2.26. The van der Waals surface area contributed by atoms with Crippen LogP contribution in [0.2, 0.25) is 0 Å². The predicted octanol–water partition coefficient (Wildman–Crippen LogP) is 16.4. The fourth-order valence-corrected chi connectivity index (χ4v) is 10.4. The summed E-state index contributed by atoms with van der Waals surface area (Å²) < 4.78 is 0. The molecule has 10 aromatic carbocycles. The number of hydrogen-bond acceptors (Lipinski definition) is 3. The van der Waals surface area contributed by atoms with E-state index in [4.69, 9.17) is 0 Å². The van der Waals surface area contributed by atoms with Gasteiger partial charge in [-0.2, -0.15) is 0 Å². The quantitative estimate of drug-likeness (QED) is 0.144. The van der Waals surface area contributed by atoms with Gasteiger partial charge in [-0.3, -0.25) is 0 Å². The standard InChI is InChI=1S/C61H43N3/c1-6-20-44(21-7-1)62(45-22-8-2-9-23-45)49-34-36-50(37-35-49)64(48-28-14-5-15-29-48)52-39-41-56-55-40-38-51(63(46-24-10-3-11-25-46)47-26-12-4-13-27-47)42-59(55)61(60(56)43-52)57-32-18-16-30-53(57)54-31-17-19-33-58(54)61/h1-43H. The largest absolute Gasteiger partial charge is 0.311 e.